The lowest BCUT2D eigenvalue weighted by Crippen LogP contribution is -2.30. The van der Waals surface area contributed by atoms with E-state index < -0.39 is 21.2 Å². The highest BCUT2D eigenvalue weighted by atomic mass is 32.2. The number of nitrogens with one attached hydrogen (secondary N) is 1. The van der Waals surface area contributed by atoms with Crippen molar-refractivity contribution in [2.75, 3.05) is 18.4 Å². The summed E-state index contributed by atoms with van der Waals surface area (Å²) in [5.74, 6) is -0.274. The maximum Gasteiger partial charge on any atom is 0.295 e. The van der Waals surface area contributed by atoms with E-state index in [1.807, 2.05) is 30.3 Å². The summed E-state index contributed by atoms with van der Waals surface area (Å²) in [6.45, 7) is 7.69. The Balaban J connectivity index is 1.49. The molecule has 0 aliphatic heterocycles. The van der Waals surface area contributed by atoms with E-state index in [1.165, 1.54) is 21.1 Å². The highest BCUT2D eigenvalue weighted by Crippen LogP contribution is 2.28. The molecule has 2 aromatic carbocycles. The molecule has 0 fully saturated rings. The number of aromatic nitrogens is 4. The van der Waals surface area contributed by atoms with Gasteiger partial charge in [-0.05, 0) is 44.2 Å². The maximum absolute atomic E-state index is 13.1. The fraction of sp³-hybridized carbons (Fsp3) is 0.308. The predicted octanol–water partition coefficient (Wildman–Crippen LogP) is 3.68. The van der Waals surface area contributed by atoms with Crippen molar-refractivity contribution in [1.82, 2.24) is 23.9 Å². The quantitative estimate of drug-likeness (QED) is 0.286. The molecule has 0 radical (unpaired) electrons. The lowest BCUT2D eigenvalue weighted by atomic mass is 10.2. The molecule has 4 aromatic rings. The summed E-state index contributed by atoms with van der Waals surface area (Å²) in [6, 6.07) is 15.5. The van der Waals surface area contributed by atoms with Gasteiger partial charge in [-0.2, -0.15) is 4.31 Å². The van der Waals surface area contributed by atoms with Crippen molar-refractivity contribution >= 4 is 33.4 Å². The minimum absolute atomic E-state index is 0.128. The molecular weight excluding hydrogens is 540 g/mol. The van der Waals surface area contributed by atoms with Crippen molar-refractivity contribution in [2.24, 2.45) is 7.05 Å². The molecule has 0 spiro atoms. The second-order valence-electron chi connectivity index (χ2n) is 8.68. The molecule has 0 aliphatic carbocycles. The van der Waals surface area contributed by atoms with Crippen molar-refractivity contribution < 1.29 is 17.6 Å². The Morgan fingerprint density at radius 3 is 2.46 bits per heavy atom. The molecule has 0 saturated carbocycles. The van der Waals surface area contributed by atoms with E-state index in [0.29, 0.717) is 30.0 Å². The van der Waals surface area contributed by atoms with Crippen LogP contribution in [0, 0.1) is 6.92 Å². The van der Waals surface area contributed by atoms with Crippen LogP contribution in [0.3, 0.4) is 0 Å². The maximum atomic E-state index is 13.1. The van der Waals surface area contributed by atoms with Crippen molar-refractivity contribution in [2.45, 2.75) is 43.1 Å². The van der Waals surface area contributed by atoms with Crippen LogP contribution in [0.5, 0.6) is 0 Å². The van der Waals surface area contributed by atoms with Gasteiger partial charge in [0.05, 0.1) is 21.5 Å². The second-order valence-corrected chi connectivity index (χ2v) is 11.9. The Kier molecular flexibility index (Phi) is 8.42. The summed E-state index contributed by atoms with van der Waals surface area (Å²) in [6.07, 6.45) is 0. The third-order valence-corrected chi connectivity index (χ3v) is 9.26. The second kappa shape index (κ2) is 11.6. The number of amides is 1. The van der Waals surface area contributed by atoms with Gasteiger partial charge in [0.25, 0.3) is 10.8 Å². The van der Waals surface area contributed by atoms with Crippen LogP contribution in [0.15, 0.2) is 73.9 Å². The Bertz CT molecular complexity index is 1640. The van der Waals surface area contributed by atoms with Gasteiger partial charge in [-0.25, -0.2) is 13.1 Å². The molecule has 0 saturated heterocycles. The molecule has 206 valence electrons. The van der Waals surface area contributed by atoms with Gasteiger partial charge in [0.1, 0.15) is 5.69 Å². The summed E-state index contributed by atoms with van der Waals surface area (Å²) < 4.78 is 36.1. The van der Waals surface area contributed by atoms with Crippen LogP contribution in [0.2, 0.25) is 0 Å². The number of sulfonamides is 1. The minimum Gasteiger partial charge on any atom is -0.411 e. The number of para-hydroxylation sites is 1. The molecule has 0 aliphatic rings. The van der Waals surface area contributed by atoms with Gasteiger partial charge >= 0.3 is 0 Å². The number of hydrogen-bond acceptors (Lipinski definition) is 8. The highest BCUT2D eigenvalue weighted by molar-refractivity contribution is 8.00. The first-order valence-corrected chi connectivity index (χ1v) is 14.7. The van der Waals surface area contributed by atoms with Crippen LogP contribution in [-0.2, 0) is 21.9 Å². The van der Waals surface area contributed by atoms with Gasteiger partial charge in [0.15, 0.2) is 0 Å². The van der Waals surface area contributed by atoms with Crippen molar-refractivity contribution in [3.8, 4) is 17.1 Å². The van der Waals surface area contributed by atoms with Gasteiger partial charge in [-0.1, -0.05) is 49.9 Å². The predicted molar refractivity (Wildman–Crippen MR) is 150 cm³/mol. The number of thioether (sulfide) groups is 1. The Morgan fingerprint density at radius 2 is 1.79 bits per heavy atom. The first-order valence-electron chi connectivity index (χ1n) is 12.3. The van der Waals surface area contributed by atoms with E-state index in [-0.39, 0.29) is 27.3 Å². The number of benzene rings is 2. The van der Waals surface area contributed by atoms with Gasteiger partial charge in [-0.3, -0.25) is 14.3 Å². The normalized spacial score (nSPS) is 12.6. The lowest BCUT2D eigenvalue weighted by Gasteiger charge is -2.18. The van der Waals surface area contributed by atoms with E-state index >= 15 is 0 Å². The molecular formula is C26H30N6O5S2. The van der Waals surface area contributed by atoms with Gasteiger partial charge in [-0.15, -0.1) is 10.2 Å². The van der Waals surface area contributed by atoms with Crippen LogP contribution < -0.4 is 10.9 Å². The first-order chi connectivity index (χ1) is 18.6. The van der Waals surface area contributed by atoms with Crippen LogP contribution in [-0.4, -0.2) is 56.5 Å². The zero-order valence-electron chi connectivity index (χ0n) is 22.3. The number of hydrogen-bond donors (Lipinski definition) is 1. The van der Waals surface area contributed by atoms with Crippen molar-refractivity contribution in [1.29, 1.82) is 0 Å². The van der Waals surface area contributed by atoms with E-state index in [0.717, 1.165) is 11.8 Å². The van der Waals surface area contributed by atoms with Gasteiger partial charge < -0.3 is 9.73 Å². The standard InChI is InChI=1S/C26H30N6O5S2/c1-6-31(7-2)39(35,36)21-15-11-12-19(16-21)24-28-29-26(37-24)38-18(4)23(33)27-22-17(3)30(5)32(25(22)34)20-13-9-8-10-14-20/h8-16,18H,6-7H2,1-5H3,(H,27,33)/t18-/m0/s1. The van der Waals surface area contributed by atoms with Crippen molar-refractivity contribution in [3.05, 3.63) is 70.6 Å². The van der Waals surface area contributed by atoms with Crippen LogP contribution in [0.4, 0.5) is 5.69 Å². The third kappa shape index (κ3) is 5.70. The fourth-order valence-corrected chi connectivity index (χ4v) is 6.21. The third-order valence-electron chi connectivity index (χ3n) is 6.28. The number of carbonyl (C=O) groups excluding carboxylic acids is 1. The first kappa shape index (κ1) is 28.3. The Hall–Kier alpha value is -3.68. The molecule has 11 nitrogen and oxygen atoms in total. The highest BCUT2D eigenvalue weighted by Gasteiger charge is 2.25. The summed E-state index contributed by atoms with van der Waals surface area (Å²) in [7, 11) is -1.91. The van der Waals surface area contributed by atoms with Gasteiger partial charge in [0.2, 0.25) is 21.8 Å². The SMILES string of the molecule is CCN(CC)S(=O)(=O)c1cccc(-c2nnc(S[C@@H](C)C(=O)Nc3c(C)n(C)n(-c4ccccc4)c3=O)o2)c1. The molecule has 0 unspecified atom stereocenters. The molecule has 1 N–H and O–H groups in total. The summed E-state index contributed by atoms with van der Waals surface area (Å²) >= 11 is 1.03. The number of nitrogens with zero attached hydrogens (tertiary/aromatic N) is 5. The van der Waals surface area contributed by atoms with Crippen LogP contribution in [0.25, 0.3) is 17.1 Å². The molecule has 39 heavy (non-hydrogen) atoms. The molecule has 4 rings (SSSR count). The van der Waals surface area contributed by atoms with Crippen LogP contribution in [0.1, 0.15) is 26.5 Å². The van der Waals surface area contributed by atoms with Gasteiger partial charge in [0, 0.05) is 25.7 Å². The molecule has 1 atom stereocenters. The topological polar surface area (TPSA) is 132 Å². The summed E-state index contributed by atoms with van der Waals surface area (Å²) in [4.78, 5) is 26.2. The molecule has 2 heterocycles. The largest absolute Gasteiger partial charge is 0.411 e. The summed E-state index contributed by atoms with van der Waals surface area (Å²) in [5.41, 5.74) is 1.58. The Labute approximate surface area is 230 Å². The fourth-order valence-electron chi connectivity index (χ4n) is 4.02. The lowest BCUT2D eigenvalue weighted by molar-refractivity contribution is -0.115. The number of anilines is 1. The van der Waals surface area contributed by atoms with E-state index in [4.69, 9.17) is 4.42 Å². The Morgan fingerprint density at radius 1 is 1.10 bits per heavy atom. The molecule has 2 aromatic heterocycles. The average Bonchev–Trinajstić information content (AvgIpc) is 3.48. The zero-order valence-corrected chi connectivity index (χ0v) is 23.9. The zero-order chi connectivity index (χ0) is 28.3. The smallest absolute Gasteiger partial charge is 0.295 e. The van der Waals surface area contributed by atoms with E-state index in [1.54, 1.807) is 51.6 Å². The molecule has 0 bridgehead atoms. The van der Waals surface area contributed by atoms with E-state index in [2.05, 4.69) is 15.5 Å². The minimum atomic E-state index is -3.65. The van der Waals surface area contributed by atoms with Crippen LogP contribution >= 0.6 is 11.8 Å². The number of carbonyl (C=O) groups is 1. The van der Waals surface area contributed by atoms with E-state index in [9.17, 15) is 18.0 Å². The molecule has 13 heteroatoms. The molecule has 1 amide bonds. The monoisotopic (exact) mass is 570 g/mol. The summed E-state index contributed by atoms with van der Waals surface area (Å²) in [5, 5.41) is 10.2. The van der Waals surface area contributed by atoms with Crippen molar-refractivity contribution in [3.63, 3.8) is 0 Å². The number of rotatable bonds is 10. The average molecular weight is 571 g/mol.